The quantitative estimate of drug-likeness (QED) is 0.517. The summed E-state index contributed by atoms with van der Waals surface area (Å²) in [5.41, 5.74) is 3.27. The summed E-state index contributed by atoms with van der Waals surface area (Å²) in [6.07, 6.45) is 2.70. The second-order valence-corrected chi connectivity index (χ2v) is 8.69. The van der Waals surface area contributed by atoms with E-state index in [0.717, 1.165) is 31.4 Å². The molecule has 2 heterocycles. The zero-order valence-electron chi connectivity index (χ0n) is 20.0. The molecule has 1 N–H and O–H groups in total. The minimum absolute atomic E-state index is 0.0282. The largest absolute Gasteiger partial charge is 0.493 e. The Balaban J connectivity index is 1.30. The number of aromatic nitrogens is 2. The average Bonchev–Trinajstić information content (AvgIpc) is 3.32. The molecular formula is C26H32N4O4. The number of hydrogen-bond acceptors (Lipinski definition) is 7. The van der Waals surface area contributed by atoms with Crippen molar-refractivity contribution in [3.8, 4) is 22.9 Å². The molecule has 1 saturated heterocycles. The highest BCUT2D eigenvalue weighted by Gasteiger charge is 2.26. The number of nitrogens with one attached hydrogen (secondary N) is 1. The van der Waals surface area contributed by atoms with Crippen LogP contribution in [0.3, 0.4) is 0 Å². The molecule has 1 amide bonds. The highest BCUT2D eigenvalue weighted by atomic mass is 16.5. The van der Waals surface area contributed by atoms with Crippen molar-refractivity contribution in [1.29, 1.82) is 0 Å². The van der Waals surface area contributed by atoms with Crippen LogP contribution in [0.2, 0.25) is 0 Å². The summed E-state index contributed by atoms with van der Waals surface area (Å²) in [6, 6.07) is 13.9. The van der Waals surface area contributed by atoms with Crippen molar-refractivity contribution in [3.63, 3.8) is 0 Å². The number of benzene rings is 2. The number of ether oxygens (including phenoxy) is 2. The molecule has 1 aliphatic rings. The van der Waals surface area contributed by atoms with Crippen LogP contribution in [0.15, 0.2) is 47.0 Å². The third-order valence-corrected chi connectivity index (χ3v) is 6.14. The highest BCUT2D eigenvalue weighted by molar-refractivity contribution is 5.79. The Kier molecular flexibility index (Phi) is 7.80. The number of aryl methyl sites for hydroxylation is 1. The van der Waals surface area contributed by atoms with Crippen LogP contribution in [-0.2, 0) is 17.8 Å². The van der Waals surface area contributed by atoms with Gasteiger partial charge in [-0.1, -0.05) is 35.0 Å². The van der Waals surface area contributed by atoms with Crippen LogP contribution in [0, 0.1) is 12.8 Å². The van der Waals surface area contributed by atoms with Crippen LogP contribution in [0.1, 0.15) is 29.9 Å². The van der Waals surface area contributed by atoms with Gasteiger partial charge in [0, 0.05) is 18.7 Å². The van der Waals surface area contributed by atoms with Crippen molar-refractivity contribution < 1.29 is 18.8 Å². The summed E-state index contributed by atoms with van der Waals surface area (Å²) in [5.74, 6) is 2.38. The van der Waals surface area contributed by atoms with Gasteiger partial charge in [0.05, 0.1) is 26.7 Å². The van der Waals surface area contributed by atoms with Gasteiger partial charge in [0.2, 0.25) is 17.6 Å². The molecule has 1 aromatic heterocycles. The van der Waals surface area contributed by atoms with Gasteiger partial charge in [-0.05, 0) is 56.5 Å². The lowest BCUT2D eigenvalue weighted by Gasteiger charge is -2.30. The molecule has 0 aliphatic carbocycles. The SMILES string of the molecule is COc1ccc(-c2noc(CN3CCC[C@H](C(=O)NCCc4cccc(C)c4)C3)n2)cc1OC. The van der Waals surface area contributed by atoms with E-state index < -0.39 is 0 Å². The fourth-order valence-electron chi connectivity index (χ4n) is 4.36. The number of likely N-dealkylation sites (tertiary alicyclic amines) is 1. The summed E-state index contributed by atoms with van der Waals surface area (Å²) < 4.78 is 16.1. The van der Waals surface area contributed by atoms with Gasteiger partial charge in [-0.15, -0.1) is 0 Å². The van der Waals surface area contributed by atoms with Crippen molar-refractivity contribution in [2.45, 2.75) is 32.7 Å². The maximum absolute atomic E-state index is 12.7. The summed E-state index contributed by atoms with van der Waals surface area (Å²) in [7, 11) is 3.19. The summed E-state index contributed by atoms with van der Waals surface area (Å²) in [6.45, 7) is 4.84. The Bertz CT molecular complexity index is 1110. The molecular weight excluding hydrogens is 432 g/mol. The molecule has 4 rings (SSSR count). The first kappa shape index (κ1) is 23.8. The topological polar surface area (TPSA) is 89.7 Å². The van der Waals surface area contributed by atoms with Crippen molar-refractivity contribution in [1.82, 2.24) is 20.4 Å². The number of hydrogen-bond donors (Lipinski definition) is 1. The molecule has 0 spiro atoms. The monoisotopic (exact) mass is 464 g/mol. The lowest BCUT2D eigenvalue weighted by atomic mass is 9.97. The third kappa shape index (κ3) is 5.94. The van der Waals surface area contributed by atoms with Crippen molar-refractivity contribution >= 4 is 5.91 Å². The standard InChI is InChI=1S/C26H32N4O4/c1-18-6-4-7-19(14-18)11-12-27-26(31)21-8-5-13-30(16-21)17-24-28-25(29-34-24)20-9-10-22(32-2)23(15-20)33-3/h4,6-7,9-10,14-15,21H,5,8,11-13,16-17H2,1-3H3,(H,27,31)/t21-/m0/s1. The Hall–Kier alpha value is -3.39. The number of methoxy groups -OCH3 is 2. The fraction of sp³-hybridized carbons (Fsp3) is 0.423. The summed E-state index contributed by atoms with van der Waals surface area (Å²) in [4.78, 5) is 19.5. The van der Waals surface area contributed by atoms with E-state index in [0.29, 0.717) is 42.8 Å². The molecule has 180 valence electrons. The van der Waals surface area contributed by atoms with Crippen molar-refractivity contribution in [2.75, 3.05) is 33.9 Å². The van der Waals surface area contributed by atoms with E-state index in [-0.39, 0.29) is 11.8 Å². The smallest absolute Gasteiger partial charge is 0.241 e. The Morgan fingerprint density at radius 2 is 2.03 bits per heavy atom. The number of carbonyl (C=O) groups excluding carboxylic acids is 1. The number of carbonyl (C=O) groups is 1. The van der Waals surface area contributed by atoms with E-state index in [4.69, 9.17) is 14.0 Å². The van der Waals surface area contributed by atoms with Crippen LogP contribution < -0.4 is 14.8 Å². The molecule has 8 heteroatoms. The van der Waals surface area contributed by atoms with Gasteiger partial charge in [0.25, 0.3) is 0 Å². The van der Waals surface area contributed by atoms with Crippen LogP contribution in [0.4, 0.5) is 0 Å². The molecule has 8 nitrogen and oxygen atoms in total. The number of nitrogens with zero attached hydrogens (tertiary/aromatic N) is 3. The van der Waals surface area contributed by atoms with Gasteiger partial charge in [-0.2, -0.15) is 4.98 Å². The maximum atomic E-state index is 12.7. The Labute approximate surface area is 200 Å². The zero-order valence-corrected chi connectivity index (χ0v) is 20.0. The van der Waals surface area contributed by atoms with E-state index >= 15 is 0 Å². The van der Waals surface area contributed by atoms with Crippen LogP contribution in [0.25, 0.3) is 11.4 Å². The minimum Gasteiger partial charge on any atom is -0.493 e. The first-order valence-electron chi connectivity index (χ1n) is 11.7. The highest BCUT2D eigenvalue weighted by Crippen LogP contribution is 2.31. The molecule has 1 aliphatic heterocycles. The Morgan fingerprint density at radius 3 is 2.82 bits per heavy atom. The predicted octanol–water partition coefficient (Wildman–Crippen LogP) is 3.63. The first-order valence-corrected chi connectivity index (χ1v) is 11.7. The lowest BCUT2D eigenvalue weighted by molar-refractivity contribution is -0.126. The van der Waals surface area contributed by atoms with Crippen LogP contribution in [0.5, 0.6) is 11.5 Å². The number of rotatable bonds is 9. The van der Waals surface area contributed by atoms with Crippen molar-refractivity contribution in [3.05, 3.63) is 59.5 Å². The summed E-state index contributed by atoms with van der Waals surface area (Å²) >= 11 is 0. The molecule has 0 radical (unpaired) electrons. The zero-order chi connectivity index (χ0) is 23.9. The van der Waals surface area contributed by atoms with Gasteiger partial charge >= 0.3 is 0 Å². The maximum Gasteiger partial charge on any atom is 0.241 e. The van der Waals surface area contributed by atoms with Crippen LogP contribution in [-0.4, -0.2) is 54.8 Å². The number of amides is 1. The van der Waals surface area contributed by atoms with Gasteiger partial charge in [0.15, 0.2) is 11.5 Å². The first-order chi connectivity index (χ1) is 16.6. The second-order valence-electron chi connectivity index (χ2n) is 8.69. The van der Waals surface area contributed by atoms with E-state index in [2.05, 4.69) is 51.5 Å². The van der Waals surface area contributed by atoms with Gasteiger partial charge < -0.3 is 19.3 Å². The normalized spacial score (nSPS) is 16.3. The van der Waals surface area contributed by atoms with Gasteiger partial charge in [-0.3, -0.25) is 9.69 Å². The van der Waals surface area contributed by atoms with E-state index in [1.54, 1.807) is 14.2 Å². The molecule has 0 bridgehead atoms. The molecule has 0 unspecified atom stereocenters. The molecule has 2 aromatic carbocycles. The van der Waals surface area contributed by atoms with Gasteiger partial charge in [-0.25, -0.2) is 0 Å². The fourth-order valence-corrected chi connectivity index (χ4v) is 4.36. The molecule has 3 aromatic rings. The molecule has 34 heavy (non-hydrogen) atoms. The average molecular weight is 465 g/mol. The Morgan fingerprint density at radius 1 is 1.18 bits per heavy atom. The van der Waals surface area contributed by atoms with Crippen LogP contribution >= 0.6 is 0 Å². The van der Waals surface area contributed by atoms with E-state index in [1.807, 2.05) is 18.2 Å². The second kappa shape index (κ2) is 11.2. The molecule has 1 atom stereocenters. The third-order valence-electron chi connectivity index (χ3n) is 6.14. The predicted molar refractivity (Wildman–Crippen MR) is 129 cm³/mol. The lowest BCUT2D eigenvalue weighted by Crippen LogP contribution is -2.43. The minimum atomic E-state index is -0.0282. The van der Waals surface area contributed by atoms with E-state index in [1.165, 1.54) is 11.1 Å². The van der Waals surface area contributed by atoms with E-state index in [9.17, 15) is 4.79 Å². The van der Waals surface area contributed by atoms with Crippen molar-refractivity contribution in [2.24, 2.45) is 5.92 Å². The summed E-state index contributed by atoms with van der Waals surface area (Å²) in [5, 5.41) is 7.24. The molecule has 0 saturated carbocycles. The molecule has 1 fully saturated rings. The number of piperidine rings is 1. The van der Waals surface area contributed by atoms with Gasteiger partial charge in [0.1, 0.15) is 0 Å².